The monoisotopic (exact) mass is 756 g/mol. The van der Waals surface area contributed by atoms with Crippen molar-refractivity contribution in [2.75, 3.05) is 4.90 Å². The Bertz CT molecular complexity index is 3220. The maximum atomic E-state index is 6.58. The fourth-order valence-corrected chi connectivity index (χ4v) is 8.12. The van der Waals surface area contributed by atoms with E-state index in [-0.39, 0.29) is 0 Å². The molecule has 0 amide bonds. The summed E-state index contributed by atoms with van der Waals surface area (Å²) in [5.74, 6) is 0.593. The van der Waals surface area contributed by atoms with Crippen LogP contribution < -0.4 is 4.90 Å². The van der Waals surface area contributed by atoms with Crippen LogP contribution in [0, 0.1) is 0 Å². The van der Waals surface area contributed by atoms with E-state index in [1.165, 1.54) is 27.8 Å². The molecule has 0 radical (unpaired) electrons. The highest BCUT2D eigenvalue weighted by atomic mass is 16.4. The third-order valence-electron chi connectivity index (χ3n) is 11.1. The van der Waals surface area contributed by atoms with E-state index in [1.54, 1.807) is 0 Å². The lowest BCUT2D eigenvalue weighted by Gasteiger charge is -2.26. The lowest BCUT2D eigenvalue weighted by Crippen LogP contribution is -2.10. The van der Waals surface area contributed by atoms with Gasteiger partial charge in [-0.2, -0.15) is 0 Å². The van der Waals surface area contributed by atoms with Gasteiger partial charge in [0, 0.05) is 34.1 Å². The molecule has 11 rings (SSSR count). The summed E-state index contributed by atoms with van der Waals surface area (Å²) in [7, 11) is 0. The van der Waals surface area contributed by atoms with Crippen molar-refractivity contribution >= 4 is 50.1 Å². The van der Waals surface area contributed by atoms with Crippen molar-refractivity contribution < 1.29 is 8.83 Å². The molecule has 0 atom stereocenters. The van der Waals surface area contributed by atoms with Gasteiger partial charge in [0.25, 0.3) is 0 Å². The molecule has 11 aromatic rings. The van der Waals surface area contributed by atoms with Crippen molar-refractivity contribution in [1.82, 2.24) is 4.98 Å². The third-order valence-corrected chi connectivity index (χ3v) is 11.1. The van der Waals surface area contributed by atoms with Crippen LogP contribution in [-0.4, -0.2) is 4.98 Å². The van der Waals surface area contributed by atoms with Crippen LogP contribution in [0.15, 0.2) is 227 Å². The Hall–Kier alpha value is -7.95. The first-order valence-corrected chi connectivity index (χ1v) is 19.9. The second-order valence-corrected chi connectivity index (χ2v) is 14.8. The Morgan fingerprint density at radius 2 is 0.797 bits per heavy atom. The quantitative estimate of drug-likeness (QED) is 0.155. The van der Waals surface area contributed by atoms with Crippen molar-refractivity contribution in [2.45, 2.75) is 0 Å². The zero-order valence-electron chi connectivity index (χ0n) is 32.0. The number of furan rings is 1. The summed E-state index contributed by atoms with van der Waals surface area (Å²) >= 11 is 0. The van der Waals surface area contributed by atoms with Crippen LogP contribution >= 0.6 is 0 Å². The molecule has 59 heavy (non-hydrogen) atoms. The smallest absolute Gasteiger partial charge is 0.227 e. The maximum absolute atomic E-state index is 6.58. The number of anilines is 3. The fraction of sp³-hybridized carbons (Fsp3) is 0. The fourth-order valence-electron chi connectivity index (χ4n) is 8.12. The molecule has 0 aliphatic rings. The van der Waals surface area contributed by atoms with Crippen LogP contribution in [0.3, 0.4) is 0 Å². The number of hydrogen-bond donors (Lipinski definition) is 0. The average molecular weight is 757 g/mol. The molecule has 2 aromatic heterocycles. The zero-order valence-corrected chi connectivity index (χ0v) is 32.0. The van der Waals surface area contributed by atoms with Crippen molar-refractivity contribution in [2.24, 2.45) is 0 Å². The molecule has 278 valence electrons. The minimum absolute atomic E-state index is 0.593. The number of aromatic nitrogens is 1. The van der Waals surface area contributed by atoms with Crippen molar-refractivity contribution in [3.8, 4) is 56.0 Å². The summed E-state index contributed by atoms with van der Waals surface area (Å²) in [5.41, 5.74) is 16.5. The van der Waals surface area contributed by atoms with E-state index in [9.17, 15) is 0 Å². The molecule has 0 saturated carbocycles. The van der Waals surface area contributed by atoms with Crippen LogP contribution in [0.2, 0.25) is 0 Å². The van der Waals surface area contributed by atoms with E-state index in [2.05, 4.69) is 175 Å². The van der Waals surface area contributed by atoms with E-state index in [4.69, 9.17) is 13.8 Å². The topological polar surface area (TPSA) is 42.4 Å². The molecule has 0 unspecified atom stereocenters. The molecular weight excluding hydrogens is 721 g/mol. The SMILES string of the molecule is c1ccc(-c2ccc(-c3ccc(N(c4cccc(-c5ccc(-c6ccccc6)cc5)c4)c4ccc5c(c4)oc4ccc6nc(-c7ccccc7)oc6c45)cc3)cc2)cc1. The second-order valence-electron chi connectivity index (χ2n) is 14.8. The van der Waals surface area contributed by atoms with Crippen LogP contribution in [0.4, 0.5) is 17.1 Å². The first-order valence-electron chi connectivity index (χ1n) is 19.9. The summed E-state index contributed by atoms with van der Waals surface area (Å²) in [4.78, 5) is 7.13. The molecule has 0 N–H and O–H groups in total. The summed E-state index contributed by atoms with van der Waals surface area (Å²) in [6.07, 6.45) is 0. The number of nitrogens with zero attached hydrogens (tertiary/aromatic N) is 2. The summed E-state index contributed by atoms with van der Waals surface area (Å²) in [6.45, 7) is 0. The first-order chi connectivity index (χ1) is 29.2. The van der Waals surface area contributed by atoms with Crippen molar-refractivity contribution in [1.29, 1.82) is 0 Å². The second kappa shape index (κ2) is 14.5. The van der Waals surface area contributed by atoms with Crippen LogP contribution in [0.5, 0.6) is 0 Å². The molecule has 0 saturated heterocycles. The maximum Gasteiger partial charge on any atom is 0.227 e. The van der Waals surface area contributed by atoms with Gasteiger partial charge >= 0.3 is 0 Å². The highest BCUT2D eigenvalue weighted by Crippen LogP contribution is 2.42. The minimum atomic E-state index is 0.593. The molecule has 4 nitrogen and oxygen atoms in total. The lowest BCUT2D eigenvalue weighted by atomic mass is 9.99. The molecule has 0 bridgehead atoms. The molecule has 2 heterocycles. The Morgan fingerprint density at radius 3 is 1.39 bits per heavy atom. The molecule has 0 spiro atoms. The van der Waals surface area contributed by atoms with Gasteiger partial charge in [-0.25, -0.2) is 4.98 Å². The number of hydrogen-bond acceptors (Lipinski definition) is 4. The largest absolute Gasteiger partial charge is 0.456 e. The van der Waals surface area contributed by atoms with Gasteiger partial charge in [0.15, 0.2) is 5.58 Å². The first kappa shape index (κ1) is 34.3. The average Bonchev–Trinajstić information content (AvgIpc) is 3.92. The van der Waals surface area contributed by atoms with Gasteiger partial charge in [-0.1, -0.05) is 152 Å². The van der Waals surface area contributed by atoms with Gasteiger partial charge in [-0.3, -0.25) is 0 Å². The van der Waals surface area contributed by atoms with Crippen LogP contribution in [0.25, 0.3) is 89.0 Å². The molecule has 0 aliphatic carbocycles. The number of oxazole rings is 1. The normalized spacial score (nSPS) is 11.4. The van der Waals surface area contributed by atoms with E-state index < -0.39 is 0 Å². The summed E-state index contributed by atoms with van der Waals surface area (Å²) in [6, 6.07) is 76.6. The van der Waals surface area contributed by atoms with Crippen LogP contribution in [0.1, 0.15) is 0 Å². The van der Waals surface area contributed by atoms with E-state index in [0.717, 1.165) is 72.4 Å². The van der Waals surface area contributed by atoms with Gasteiger partial charge < -0.3 is 13.7 Å². The minimum Gasteiger partial charge on any atom is -0.456 e. The lowest BCUT2D eigenvalue weighted by molar-refractivity contribution is 0.622. The predicted octanol–water partition coefficient (Wildman–Crippen LogP) is 15.5. The Balaban J connectivity index is 0.995. The van der Waals surface area contributed by atoms with Gasteiger partial charge in [0.05, 0.1) is 5.39 Å². The summed E-state index contributed by atoms with van der Waals surface area (Å²) < 4.78 is 13.0. The third kappa shape index (κ3) is 6.43. The van der Waals surface area contributed by atoms with Gasteiger partial charge in [0.2, 0.25) is 5.89 Å². The van der Waals surface area contributed by atoms with Crippen molar-refractivity contribution in [3.05, 3.63) is 218 Å². The highest BCUT2D eigenvalue weighted by molar-refractivity contribution is 6.17. The van der Waals surface area contributed by atoms with E-state index in [0.29, 0.717) is 5.89 Å². The predicted molar refractivity (Wildman–Crippen MR) is 243 cm³/mol. The Morgan fingerprint density at radius 1 is 0.322 bits per heavy atom. The molecule has 9 aromatic carbocycles. The number of rotatable bonds is 8. The van der Waals surface area contributed by atoms with E-state index >= 15 is 0 Å². The highest BCUT2D eigenvalue weighted by Gasteiger charge is 2.20. The Kier molecular flexibility index (Phi) is 8.45. The molecule has 0 fully saturated rings. The van der Waals surface area contributed by atoms with Crippen molar-refractivity contribution in [3.63, 3.8) is 0 Å². The summed E-state index contributed by atoms with van der Waals surface area (Å²) in [5, 5.41) is 1.90. The molecule has 0 aliphatic heterocycles. The number of fused-ring (bicyclic) bond motifs is 5. The van der Waals surface area contributed by atoms with Gasteiger partial charge in [0.1, 0.15) is 16.7 Å². The molecular formula is C55H36N2O2. The molecule has 4 heteroatoms. The van der Waals surface area contributed by atoms with Crippen LogP contribution in [-0.2, 0) is 0 Å². The standard InChI is InChI=1S/C55H36N2O2/c1-4-11-37(12-5-1)39-19-21-41(22-20-39)42-27-29-46(30-28-42)57(47-18-10-17-45(35-47)43-25-23-40(24-26-43)38-13-6-2-7-14-38)48-31-32-49-52(36-48)58-51-34-33-50-54(53(49)51)59-55(56-50)44-15-8-3-9-16-44/h1-36H. The van der Waals surface area contributed by atoms with Gasteiger partial charge in [-0.05, 0) is 105 Å². The number of benzene rings is 9. The Labute approximate surface area is 341 Å². The van der Waals surface area contributed by atoms with Gasteiger partial charge in [-0.15, -0.1) is 0 Å². The zero-order chi connectivity index (χ0) is 39.1. The van der Waals surface area contributed by atoms with E-state index in [1.807, 2.05) is 48.5 Å².